The van der Waals surface area contributed by atoms with Gasteiger partial charge >= 0.3 is 0 Å². The Morgan fingerprint density at radius 1 is 1.33 bits per heavy atom. The van der Waals surface area contributed by atoms with Crippen LogP contribution in [0.15, 0.2) is 10.7 Å². The number of rotatable bonds is 4. The van der Waals surface area contributed by atoms with Gasteiger partial charge in [0.1, 0.15) is 5.82 Å². The highest BCUT2D eigenvalue weighted by atomic mass is 16.5. The van der Waals surface area contributed by atoms with Crippen LogP contribution in [0.4, 0.5) is 0 Å². The normalized spacial score (nSPS) is 18.0. The Bertz CT molecular complexity index is 728. The Hall–Kier alpha value is -2.31. The Kier molecular flexibility index (Phi) is 4.87. The zero-order chi connectivity index (χ0) is 17.1. The van der Waals surface area contributed by atoms with Gasteiger partial charge in [0.2, 0.25) is 5.89 Å². The third-order valence-electron chi connectivity index (χ3n) is 4.41. The summed E-state index contributed by atoms with van der Waals surface area (Å²) < 4.78 is 5.21. The number of carbonyl (C=O) groups excluding carboxylic acids is 1. The molecule has 0 spiro atoms. The summed E-state index contributed by atoms with van der Waals surface area (Å²) in [6.45, 7) is 7.18. The molecule has 7 nitrogen and oxygen atoms in total. The Morgan fingerprint density at radius 2 is 2.17 bits per heavy atom. The number of aromatic nitrogens is 4. The lowest BCUT2D eigenvalue weighted by molar-refractivity contribution is 0.0701. The average molecular weight is 329 g/mol. The second kappa shape index (κ2) is 7.07. The fourth-order valence-electron chi connectivity index (χ4n) is 3.09. The Labute approximate surface area is 141 Å². The monoisotopic (exact) mass is 329 g/mol. The van der Waals surface area contributed by atoms with Crippen LogP contribution in [0.25, 0.3) is 0 Å². The number of aryl methyl sites for hydroxylation is 3. The summed E-state index contributed by atoms with van der Waals surface area (Å²) in [7, 11) is 0. The molecule has 7 heteroatoms. The fourth-order valence-corrected chi connectivity index (χ4v) is 3.09. The molecule has 0 N–H and O–H groups in total. The molecule has 2 aromatic rings. The van der Waals surface area contributed by atoms with Gasteiger partial charge in [-0.3, -0.25) is 4.79 Å². The molecule has 0 unspecified atom stereocenters. The van der Waals surface area contributed by atoms with Crippen LogP contribution in [0.2, 0.25) is 0 Å². The summed E-state index contributed by atoms with van der Waals surface area (Å²) >= 11 is 0. The minimum Gasteiger partial charge on any atom is -0.339 e. The molecule has 1 aliphatic rings. The molecule has 3 rings (SSSR count). The van der Waals surface area contributed by atoms with E-state index in [1.54, 1.807) is 6.20 Å². The first-order valence-corrected chi connectivity index (χ1v) is 8.56. The largest absolute Gasteiger partial charge is 0.339 e. The number of carbonyl (C=O) groups is 1. The van der Waals surface area contributed by atoms with E-state index in [1.807, 2.05) is 25.7 Å². The van der Waals surface area contributed by atoms with Crippen LogP contribution in [-0.4, -0.2) is 44.0 Å². The summed E-state index contributed by atoms with van der Waals surface area (Å²) in [6.07, 6.45) is 4.99. The van der Waals surface area contributed by atoms with Crippen LogP contribution in [0.1, 0.15) is 66.2 Å². The molecule has 1 fully saturated rings. The van der Waals surface area contributed by atoms with Gasteiger partial charge in [-0.2, -0.15) is 4.98 Å². The van der Waals surface area contributed by atoms with Crippen molar-refractivity contribution < 1.29 is 9.32 Å². The standard InChI is InChI=1S/C17H23N5O2/c1-4-14-13(9-18-11(3)19-14)17(23)22-8-6-7-12(10-22)16-20-15(5-2)24-21-16/h9,12H,4-8,10H2,1-3H3/t12-/m1/s1. The van der Waals surface area contributed by atoms with E-state index in [2.05, 4.69) is 20.1 Å². The summed E-state index contributed by atoms with van der Waals surface area (Å²) in [4.78, 5) is 27.8. The number of amides is 1. The molecule has 24 heavy (non-hydrogen) atoms. The summed E-state index contributed by atoms with van der Waals surface area (Å²) in [5, 5.41) is 4.07. The third-order valence-corrected chi connectivity index (χ3v) is 4.41. The van der Waals surface area contributed by atoms with Gasteiger partial charge in [0.25, 0.3) is 5.91 Å². The lowest BCUT2D eigenvalue weighted by atomic mass is 9.96. The van der Waals surface area contributed by atoms with Gasteiger partial charge in [-0.15, -0.1) is 0 Å². The van der Waals surface area contributed by atoms with Gasteiger partial charge in [-0.25, -0.2) is 9.97 Å². The van der Waals surface area contributed by atoms with E-state index in [9.17, 15) is 4.79 Å². The predicted molar refractivity (Wildman–Crippen MR) is 87.7 cm³/mol. The molecule has 3 heterocycles. The van der Waals surface area contributed by atoms with Crippen LogP contribution >= 0.6 is 0 Å². The SMILES string of the molecule is CCc1nc([C@@H]2CCCN(C(=O)c3cnc(C)nc3CC)C2)no1. The topological polar surface area (TPSA) is 85.0 Å². The second-order valence-corrected chi connectivity index (χ2v) is 6.12. The van der Waals surface area contributed by atoms with E-state index in [1.165, 1.54) is 0 Å². The Morgan fingerprint density at radius 3 is 2.88 bits per heavy atom. The van der Waals surface area contributed by atoms with Crippen LogP contribution in [-0.2, 0) is 12.8 Å². The van der Waals surface area contributed by atoms with Crippen molar-refractivity contribution in [1.82, 2.24) is 25.0 Å². The van der Waals surface area contributed by atoms with Crippen molar-refractivity contribution in [3.05, 3.63) is 35.0 Å². The number of likely N-dealkylation sites (tertiary alicyclic amines) is 1. The van der Waals surface area contributed by atoms with Crippen molar-refractivity contribution in [3.63, 3.8) is 0 Å². The number of hydrogen-bond donors (Lipinski definition) is 0. The first kappa shape index (κ1) is 16.5. The van der Waals surface area contributed by atoms with E-state index in [-0.39, 0.29) is 11.8 Å². The molecule has 2 aromatic heterocycles. The summed E-state index contributed by atoms with van der Waals surface area (Å²) in [5.41, 5.74) is 1.41. The highest BCUT2D eigenvalue weighted by molar-refractivity contribution is 5.95. The highest BCUT2D eigenvalue weighted by Crippen LogP contribution is 2.26. The van der Waals surface area contributed by atoms with Gasteiger partial charge in [-0.1, -0.05) is 19.0 Å². The van der Waals surface area contributed by atoms with Crippen molar-refractivity contribution in [2.45, 2.75) is 52.4 Å². The maximum Gasteiger partial charge on any atom is 0.257 e. The van der Waals surface area contributed by atoms with E-state index in [0.29, 0.717) is 36.1 Å². The molecule has 128 valence electrons. The van der Waals surface area contributed by atoms with Crippen molar-refractivity contribution in [3.8, 4) is 0 Å². The average Bonchev–Trinajstić information content (AvgIpc) is 3.10. The number of hydrogen-bond acceptors (Lipinski definition) is 6. The first-order chi connectivity index (χ1) is 11.6. The zero-order valence-electron chi connectivity index (χ0n) is 14.4. The molecular formula is C17H23N5O2. The molecule has 0 saturated carbocycles. The van der Waals surface area contributed by atoms with Crippen molar-refractivity contribution in [2.75, 3.05) is 13.1 Å². The van der Waals surface area contributed by atoms with E-state index in [0.717, 1.165) is 31.5 Å². The molecule has 1 saturated heterocycles. The summed E-state index contributed by atoms with van der Waals surface area (Å²) in [6, 6.07) is 0. The smallest absolute Gasteiger partial charge is 0.257 e. The van der Waals surface area contributed by atoms with Gasteiger partial charge in [0, 0.05) is 31.6 Å². The van der Waals surface area contributed by atoms with E-state index < -0.39 is 0 Å². The van der Waals surface area contributed by atoms with E-state index in [4.69, 9.17) is 4.52 Å². The molecule has 1 amide bonds. The Balaban J connectivity index is 1.78. The van der Waals surface area contributed by atoms with Gasteiger partial charge in [0.15, 0.2) is 5.82 Å². The summed E-state index contributed by atoms with van der Waals surface area (Å²) in [5.74, 6) is 2.17. The number of nitrogens with zero attached hydrogens (tertiary/aromatic N) is 5. The highest BCUT2D eigenvalue weighted by Gasteiger charge is 2.29. The predicted octanol–water partition coefficient (Wildman–Crippen LogP) is 2.31. The maximum absolute atomic E-state index is 12.9. The molecular weight excluding hydrogens is 306 g/mol. The molecule has 0 radical (unpaired) electrons. The van der Waals surface area contributed by atoms with Crippen molar-refractivity contribution >= 4 is 5.91 Å². The zero-order valence-corrected chi connectivity index (χ0v) is 14.4. The molecule has 0 aromatic carbocycles. The molecule has 0 bridgehead atoms. The molecule has 0 aliphatic carbocycles. The van der Waals surface area contributed by atoms with Gasteiger partial charge < -0.3 is 9.42 Å². The van der Waals surface area contributed by atoms with Crippen molar-refractivity contribution in [1.29, 1.82) is 0 Å². The van der Waals surface area contributed by atoms with Crippen LogP contribution < -0.4 is 0 Å². The third kappa shape index (κ3) is 3.29. The quantitative estimate of drug-likeness (QED) is 0.856. The van der Waals surface area contributed by atoms with Crippen LogP contribution in [0.3, 0.4) is 0 Å². The van der Waals surface area contributed by atoms with E-state index >= 15 is 0 Å². The minimum absolute atomic E-state index is 0.00393. The maximum atomic E-state index is 12.9. The van der Waals surface area contributed by atoms with Crippen LogP contribution in [0, 0.1) is 6.92 Å². The molecule has 1 atom stereocenters. The molecule has 1 aliphatic heterocycles. The lowest BCUT2D eigenvalue weighted by Crippen LogP contribution is -2.40. The van der Waals surface area contributed by atoms with Gasteiger partial charge in [-0.05, 0) is 26.2 Å². The van der Waals surface area contributed by atoms with Crippen molar-refractivity contribution in [2.24, 2.45) is 0 Å². The van der Waals surface area contributed by atoms with Crippen LogP contribution in [0.5, 0.6) is 0 Å². The fraction of sp³-hybridized carbons (Fsp3) is 0.588. The second-order valence-electron chi connectivity index (χ2n) is 6.12. The number of piperidine rings is 1. The lowest BCUT2D eigenvalue weighted by Gasteiger charge is -2.31. The minimum atomic E-state index is -0.00393. The van der Waals surface area contributed by atoms with Gasteiger partial charge in [0.05, 0.1) is 11.3 Å². The first-order valence-electron chi connectivity index (χ1n) is 8.56.